The van der Waals surface area contributed by atoms with Crippen LogP contribution < -0.4 is 0 Å². The van der Waals surface area contributed by atoms with E-state index < -0.39 is 26.5 Å². The highest BCUT2D eigenvalue weighted by Crippen LogP contribution is 2.34. The number of pyridine rings is 1. The second-order valence-electron chi connectivity index (χ2n) is 10.2. The van der Waals surface area contributed by atoms with Crippen molar-refractivity contribution < 1.29 is 18.3 Å². The van der Waals surface area contributed by atoms with Crippen molar-refractivity contribution in [1.82, 2.24) is 4.98 Å². The van der Waals surface area contributed by atoms with Crippen molar-refractivity contribution in [3.8, 4) is 22.3 Å². The van der Waals surface area contributed by atoms with E-state index >= 15 is 0 Å². The van der Waals surface area contributed by atoms with Gasteiger partial charge in [0.1, 0.15) is 9.84 Å². The highest BCUT2D eigenvalue weighted by atomic mass is 32.2. The summed E-state index contributed by atoms with van der Waals surface area (Å²) in [5.41, 5.74) is 6.38. The van der Waals surface area contributed by atoms with Crippen LogP contribution in [0.5, 0.6) is 0 Å². The first kappa shape index (κ1) is 25.6. The molecule has 1 unspecified atom stereocenters. The topological polar surface area (TPSA) is 84.3 Å². The fraction of sp³-hybridized carbons (Fsp3) is 0.267. The number of benzene rings is 3. The van der Waals surface area contributed by atoms with Crippen molar-refractivity contribution in [2.45, 2.75) is 44.3 Å². The zero-order chi connectivity index (χ0) is 26.1. The van der Waals surface area contributed by atoms with E-state index in [9.17, 15) is 18.3 Å². The van der Waals surface area contributed by atoms with Crippen LogP contribution in [0.2, 0.25) is 0 Å². The first-order valence-electron chi connectivity index (χ1n) is 11.9. The summed E-state index contributed by atoms with van der Waals surface area (Å²) >= 11 is 0. The molecule has 1 heterocycles. The Morgan fingerprint density at radius 1 is 0.944 bits per heavy atom. The lowest BCUT2D eigenvalue weighted by Gasteiger charge is -2.23. The molecule has 1 N–H and O–H groups in total. The number of hydrogen-bond acceptors (Lipinski definition) is 4. The van der Waals surface area contributed by atoms with E-state index in [4.69, 9.17) is 0 Å². The van der Waals surface area contributed by atoms with Crippen LogP contribution in [0.25, 0.3) is 33.2 Å². The largest absolute Gasteiger partial charge is 0.481 e. The van der Waals surface area contributed by atoms with Gasteiger partial charge in [0, 0.05) is 28.8 Å². The van der Waals surface area contributed by atoms with E-state index in [1.165, 1.54) is 6.26 Å². The Labute approximate surface area is 212 Å². The predicted molar refractivity (Wildman–Crippen MR) is 146 cm³/mol. The summed E-state index contributed by atoms with van der Waals surface area (Å²) in [4.78, 5) is 15.9. The number of carboxylic acid groups (broad SMARTS) is 1. The molecular weight excluding hydrogens is 470 g/mol. The van der Waals surface area contributed by atoms with Crippen LogP contribution in [0.4, 0.5) is 0 Å². The van der Waals surface area contributed by atoms with Gasteiger partial charge in [0.2, 0.25) is 0 Å². The maximum Gasteiger partial charge on any atom is 0.304 e. The summed E-state index contributed by atoms with van der Waals surface area (Å²) in [7, 11) is -3.14. The van der Waals surface area contributed by atoms with Crippen molar-refractivity contribution >= 4 is 26.7 Å². The van der Waals surface area contributed by atoms with Crippen molar-refractivity contribution in [1.29, 1.82) is 0 Å². The lowest BCUT2D eigenvalue weighted by atomic mass is 9.81. The highest BCUT2D eigenvalue weighted by molar-refractivity contribution is 7.91. The summed E-state index contributed by atoms with van der Waals surface area (Å²) in [5, 5.41) is 9.73. The quantitative estimate of drug-likeness (QED) is 0.306. The molecular formula is C30H31NO4S. The Bertz CT molecular complexity index is 1520. The van der Waals surface area contributed by atoms with Gasteiger partial charge in [-0.15, -0.1) is 0 Å². The summed E-state index contributed by atoms with van der Waals surface area (Å²) in [6, 6.07) is 24.2. The normalized spacial score (nSPS) is 13.0. The molecule has 0 saturated carbocycles. The molecule has 0 bridgehead atoms. The minimum atomic E-state index is -3.14. The van der Waals surface area contributed by atoms with E-state index in [0.29, 0.717) is 6.42 Å². The third kappa shape index (κ3) is 5.65. The molecule has 6 heteroatoms. The van der Waals surface area contributed by atoms with E-state index in [1.807, 2.05) is 80.6 Å². The maximum absolute atomic E-state index is 12.1. The van der Waals surface area contributed by atoms with Gasteiger partial charge in [-0.1, -0.05) is 62.4 Å². The van der Waals surface area contributed by atoms with Gasteiger partial charge in [-0.05, 0) is 65.4 Å². The monoisotopic (exact) mass is 501 g/mol. The average Bonchev–Trinajstić information content (AvgIpc) is 2.82. The van der Waals surface area contributed by atoms with Gasteiger partial charge in [-0.25, -0.2) is 8.42 Å². The number of carbonyl (C=O) groups is 1. The van der Waals surface area contributed by atoms with Crippen LogP contribution in [0.3, 0.4) is 0 Å². The second kappa shape index (κ2) is 9.86. The van der Waals surface area contributed by atoms with Gasteiger partial charge < -0.3 is 5.11 Å². The third-order valence-corrected chi connectivity index (χ3v) is 8.41. The average molecular weight is 502 g/mol. The molecule has 0 fully saturated rings. The predicted octanol–water partition coefficient (Wildman–Crippen LogP) is 6.30. The van der Waals surface area contributed by atoms with Gasteiger partial charge in [-0.3, -0.25) is 9.78 Å². The van der Waals surface area contributed by atoms with E-state index in [0.717, 1.165) is 44.3 Å². The lowest BCUT2D eigenvalue weighted by molar-refractivity contribution is -0.138. The summed E-state index contributed by atoms with van der Waals surface area (Å²) < 4.78 is 24.1. The Morgan fingerprint density at radius 3 is 2.31 bits per heavy atom. The van der Waals surface area contributed by atoms with E-state index in [2.05, 4.69) is 11.1 Å². The second-order valence-corrected chi connectivity index (χ2v) is 12.6. The zero-order valence-electron chi connectivity index (χ0n) is 21.0. The number of nitrogens with zero attached hydrogens (tertiary/aromatic N) is 1. The molecule has 1 atom stereocenters. The fourth-order valence-electron chi connectivity index (χ4n) is 4.54. The zero-order valence-corrected chi connectivity index (χ0v) is 21.8. The molecule has 5 nitrogen and oxygen atoms in total. The first-order chi connectivity index (χ1) is 16.9. The molecule has 1 aromatic heterocycles. The molecule has 0 saturated heterocycles. The van der Waals surface area contributed by atoms with Crippen LogP contribution in [0.15, 0.2) is 79.0 Å². The van der Waals surface area contributed by atoms with Crippen LogP contribution >= 0.6 is 0 Å². The molecule has 0 radical (unpaired) electrons. The minimum Gasteiger partial charge on any atom is -0.481 e. The van der Waals surface area contributed by atoms with Crippen molar-refractivity contribution in [3.63, 3.8) is 0 Å². The fourth-order valence-corrected chi connectivity index (χ4v) is 5.03. The number of carboxylic acids is 1. The molecule has 4 aromatic rings. The lowest BCUT2D eigenvalue weighted by Crippen LogP contribution is -2.21. The first-order valence-corrected chi connectivity index (χ1v) is 13.9. The molecule has 0 amide bonds. The van der Waals surface area contributed by atoms with Crippen molar-refractivity contribution in [3.05, 3.63) is 90.1 Å². The highest BCUT2D eigenvalue weighted by Gasteiger charge is 2.24. The van der Waals surface area contributed by atoms with Crippen LogP contribution in [0, 0.1) is 0 Å². The number of aromatic nitrogens is 1. The Morgan fingerprint density at radius 2 is 1.64 bits per heavy atom. The standard InChI is InChI=1S/C30H31NO4S/c1-20(36(4,34)35)15-21-16-25-9-6-14-31-29(25)27(17-21)24-8-5-7-23(18-24)22-10-12-26(13-11-22)30(2,3)19-28(32)33/h5-14,16-18,20H,15,19H2,1-4H3,(H,32,33). The van der Waals surface area contributed by atoms with E-state index in [1.54, 1.807) is 13.1 Å². The van der Waals surface area contributed by atoms with Crippen LogP contribution in [0.1, 0.15) is 38.3 Å². The summed E-state index contributed by atoms with van der Waals surface area (Å²) in [6.45, 7) is 5.61. The molecule has 186 valence electrons. The maximum atomic E-state index is 12.1. The smallest absolute Gasteiger partial charge is 0.304 e. The van der Waals surface area contributed by atoms with Crippen molar-refractivity contribution in [2.75, 3.05) is 6.26 Å². The number of fused-ring (bicyclic) bond motifs is 1. The molecule has 3 aromatic carbocycles. The molecule has 0 aliphatic carbocycles. The Balaban J connectivity index is 1.74. The molecule has 36 heavy (non-hydrogen) atoms. The van der Waals surface area contributed by atoms with Gasteiger partial charge in [0.05, 0.1) is 17.2 Å². The summed E-state index contributed by atoms with van der Waals surface area (Å²) in [5.74, 6) is -0.814. The molecule has 0 spiro atoms. The molecule has 4 rings (SSSR count). The number of hydrogen-bond donors (Lipinski definition) is 1. The van der Waals surface area contributed by atoms with Gasteiger partial charge >= 0.3 is 5.97 Å². The summed E-state index contributed by atoms with van der Waals surface area (Å²) in [6.07, 6.45) is 3.55. The Hall–Kier alpha value is -3.51. The SMILES string of the molecule is CC(Cc1cc(-c2cccc(-c3ccc(C(C)(C)CC(=O)O)cc3)c2)c2ncccc2c1)S(C)(=O)=O. The number of aliphatic carboxylic acids is 1. The van der Waals surface area contributed by atoms with Gasteiger partial charge in [0.15, 0.2) is 0 Å². The third-order valence-electron chi connectivity index (χ3n) is 6.79. The van der Waals surface area contributed by atoms with Crippen molar-refractivity contribution in [2.24, 2.45) is 0 Å². The number of rotatable bonds is 8. The van der Waals surface area contributed by atoms with Crippen LogP contribution in [-0.2, 0) is 26.5 Å². The Kier molecular flexibility index (Phi) is 7.01. The minimum absolute atomic E-state index is 0.0657. The van der Waals surface area contributed by atoms with E-state index in [-0.39, 0.29) is 6.42 Å². The van der Waals surface area contributed by atoms with Crippen LogP contribution in [-0.4, -0.2) is 36.0 Å². The van der Waals surface area contributed by atoms with Gasteiger partial charge in [0.25, 0.3) is 0 Å². The molecule has 0 aliphatic rings. The molecule has 0 aliphatic heterocycles. The number of sulfone groups is 1. The van der Waals surface area contributed by atoms with Gasteiger partial charge in [-0.2, -0.15) is 0 Å².